The van der Waals surface area contributed by atoms with Crippen molar-refractivity contribution in [1.29, 1.82) is 0 Å². The normalized spacial score (nSPS) is 8.80. The summed E-state index contributed by atoms with van der Waals surface area (Å²) in [7, 11) is 0. The average molecular weight is 139 g/mol. The van der Waals surface area contributed by atoms with Gasteiger partial charge in [-0.1, -0.05) is 6.42 Å². The fourth-order valence-corrected chi connectivity index (χ4v) is 0.679. The molecule has 2 N–H and O–H groups in total. The van der Waals surface area contributed by atoms with Crippen LogP contribution in [-0.4, -0.2) is 12.3 Å². The smallest absolute Gasteiger partial charge is 0.205 e. The molecule has 0 heterocycles. The minimum Gasteiger partial charge on any atom is -0.330 e. The van der Waals surface area contributed by atoms with Crippen LogP contribution in [0.5, 0.6) is 0 Å². The highest BCUT2D eigenvalue weighted by Crippen LogP contribution is 1.98. The molecule has 0 aromatic carbocycles. The van der Waals surface area contributed by atoms with E-state index in [2.05, 4.69) is 5.92 Å². The van der Waals surface area contributed by atoms with Gasteiger partial charge in [-0.15, -0.1) is 6.42 Å². The van der Waals surface area contributed by atoms with E-state index in [1.165, 1.54) is 0 Å². The summed E-state index contributed by atoms with van der Waals surface area (Å²) in [5.74, 6) is 1.97. The molecule has 0 aliphatic rings. The van der Waals surface area contributed by atoms with E-state index < -0.39 is 0 Å². The minimum absolute atomic E-state index is 0.1000. The monoisotopic (exact) mass is 139 g/mol. The summed E-state index contributed by atoms with van der Waals surface area (Å²) in [5.41, 5.74) is 5.25. The zero-order valence-corrected chi connectivity index (χ0v) is 6.10. The molecule has 0 aliphatic heterocycles. The summed E-state index contributed by atoms with van der Waals surface area (Å²) in [6.45, 7) is 0.699. The Morgan fingerprint density at radius 2 is 2.10 bits per heavy atom. The summed E-state index contributed by atoms with van der Waals surface area (Å²) < 4.78 is 0. The van der Waals surface area contributed by atoms with Crippen molar-refractivity contribution < 1.29 is 4.79 Å². The highest BCUT2D eigenvalue weighted by atomic mass is 16.1. The Hall–Kier alpha value is -0.810. The van der Waals surface area contributed by atoms with Crippen LogP contribution >= 0.6 is 0 Å². The van der Waals surface area contributed by atoms with Crippen molar-refractivity contribution in [2.45, 2.75) is 25.7 Å². The van der Waals surface area contributed by atoms with E-state index in [1.807, 2.05) is 0 Å². The van der Waals surface area contributed by atoms with Crippen LogP contribution in [0.2, 0.25) is 0 Å². The number of carbonyl (C=O) groups excluding carboxylic acids is 1. The second-order valence-electron chi connectivity index (χ2n) is 2.17. The molecule has 2 heteroatoms. The first-order chi connectivity index (χ1) is 4.81. The van der Waals surface area contributed by atoms with Gasteiger partial charge >= 0.3 is 0 Å². The number of unbranched alkanes of at least 4 members (excludes halogenated alkanes) is 2. The van der Waals surface area contributed by atoms with E-state index in [1.54, 1.807) is 0 Å². The summed E-state index contributed by atoms with van der Waals surface area (Å²) in [5, 5.41) is 0. The molecule has 0 fully saturated rings. The molecule has 0 saturated heterocycles. The summed E-state index contributed by atoms with van der Waals surface area (Å²) in [6, 6.07) is 0. The largest absolute Gasteiger partial charge is 0.330 e. The second-order valence-corrected chi connectivity index (χ2v) is 2.17. The maximum absolute atomic E-state index is 10.5. The van der Waals surface area contributed by atoms with E-state index >= 15 is 0 Å². The van der Waals surface area contributed by atoms with Crippen LogP contribution in [0.3, 0.4) is 0 Å². The zero-order chi connectivity index (χ0) is 7.82. The quantitative estimate of drug-likeness (QED) is 0.346. The number of hydrogen-bond acceptors (Lipinski definition) is 2. The number of ketones is 1. The van der Waals surface area contributed by atoms with Crippen molar-refractivity contribution in [1.82, 2.24) is 0 Å². The molecular formula is C8H13NO. The number of carbonyl (C=O) groups is 1. The molecular weight excluding hydrogens is 126 g/mol. The van der Waals surface area contributed by atoms with Crippen LogP contribution < -0.4 is 5.73 Å². The third-order valence-corrected chi connectivity index (χ3v) is 1.27. The Bertz CT molecular complexity index is 135. The number of nitrogens with two attached hydrogens (primary N) is 1. The molecule has 0 spiro atoms. The second kappa shape index (κ2) is 6.31. The van der Waals surface area contributed by atoms with E-state index in [9.17, 15) is 4.79 Å². The lowest BCUT2D eigenvalue weighted by molar-refractivity contribution is -0.113. The highest BCUT2D eigenvalue weighted by Gasteiger charge is 1.94. The zero-order valence-electron chi connectivity index (χ0n) is 6.10. The van der Waals surface area contributed by atoms with E-state index in [-0.39, 0.29) is 5.78 Å². The van der Waals surface area contributed by atoms with Crippen molar-refractivity contribution in [3.05, 3.63) is 0 Å². The minimum atomic E-state index is -0.1000. The maximum atomic E-state index is 10.5. The third kappa shape index (κ3) is 5.33. The van der Waals surface area contributed by atoms with Crippen LogP contribution in [0.4, 0.5) is 0 Å². The first-order valence-corrected chi connectivity index (χ1v) is 3.50. The van der Waals surface area contributed by atoms with Crippen LogP contribution in [0.25, 0.3) is 0 Å². The molecule has 0 saturated carbocycles. The first-order valence-electron chi connectivity index (χ1n) is 3.50. The van der Waals surface area contributed by atoms with Gasteiger partial charge in [-0.05, 0) is 25.3 Å². The first kappa shape index (κ1) is 9.19. The van der Waals surface area contributed by atoms with E-state index in [0.717, 1.165) is 19.3 Å². The van der Waals surface area contributed by atoms with Crippen LogP contribution in [-0.2, 0) is 4.79 Å². The fraction of sp³-hybridized carbons (Fsp3) is 0.625. The number of Topliss-reactive ketones (excluding diaryl/α,β-unsaturated/α-hetero) is 1. The van der Waals surface area contributed by atoms with Crippen molar-refractivity contribution in [2.24, 2.45) is 5.73 Å². The molecule has 0 aromatic heterocycles. The fourth-order valence-electron chi connectivity index (χ4n) is 0.679. The van der Waals surface area contributed by atoms with Gasteiger partial charge in [0.15, 0.2) is 0 Å². The van der Waals surface area contributed by atoms with Crippen molar-refractivity contribution in [3.63, 3.8) is 0 Å². The van der Waals surface area contributed by atoms with Gasteiger partial charge in [0.2, 0.25) is 5.78 Å². The predicted molar refractivity (Wildman–Crippen MR) is 41.4 cm³/mol. The Morgan fingerprint density at radius 1 is 1.40 bits per heavy atom. The Balaban J connectivity index is 3.06. The van der Waals surface area contributed by atoms with E-state index in [4.69, 9.17) is 12.2 Å². The summed E-state index contributed by atoms with van der Waals surface area (Å²) in [4.78, 5) is 10.5. The molecule has 0 rings (SSSR count). The average Bonchev–Trinajstić information content (AvgIpc) is 1.98. The van der Waals surface area contributed by atoms with Crippen LogP contribution in [0, 0.1) is 12.3 Å². The Labute approximate surface area is 61.8 Å². The number of rotatable bonds is 5. The SMILES string of the molecule is C#CC(=O)CCCCCN. The number of terminal acetylenes is 1. The molecule has 2 nitrogen and oxygen atoms in total. The topological polar surface area (TPSA) is 43.1 Å². The molecule has 56 valence electrons. The standard InChI is InChI=1S/C8H13NO/c1-2-8(10)6-4-3-5-7-9/h1H,3-7,9H2. The molecule has 0 amide bonds. The lowest BCUT2D eigenvalue weighted by atomic mass is 10.1. The van der Waals surface area contributed by atoms with Crippen molar-refractivity contribution in [2.75, 3.05) is 6.54 Å². The van der Waals surface area contributed by atoms with Crippen molar-refractivity contribution in [3.8, 4) is 12.3 Å². The predicted octanol–water partition coefficient (Wildman–Crippen LogP) is 0.708. The van der Waals surface area contributed by atoms with Gasteiger partial charge in [0.25, 0.3) is 0 Å². The van der Waals surface area contributed by atoms with Crippen LogP contribution in [0.1, 0.15) is 25.7 Å². The summed E-state index contributed by atoms with van der Waals surface area (Å²) in [6.07, 6.45) is 8.24. The number of hydrogen-bond donors (Lipinski definition) is 1. The Kier molecular flexibility index (Phi) is 5.80. The molecule has 0 radical (unpaired) electrons. The molecule has 0 atom stereocenters. The lowest BCUT2D eigenvalue weighted by Crippen LogP contribution is -1.99. The molecule has 0 bridgehead atoms. The molecule has 0 unspecified atom stereocenters. The summed E-state index contributed by atoms with van der Waals surface area (Å²) >= 11 is 0. The maximum Gasteiger partial charge on any atom is 0.205 e. The molecule has 0 aromatic rings. The van der Waals surface area contributed by atoms with Crippen molar-refractivity contribution >= 4 is 5.78 Å². The lowest BCUT2D eigenvalue weighted by Gasteiger charge is -1.93. The van der Waals surface area contributed by atoms with Crippen LogP contribution in [0.15, 0.2) is 0 Å². The van der Waals surface area contributed by atoms with Gasteiger partial charge in [0.1, 0.15) is 0 Å². The van der Waals surface area contributed by atoms with Gasteiger partial charge < -0.3 is 5.73 Å². The van der Waals surface area contributed by atoms with Gasteiger partial charge in [-0.3, -0.25) is 4.79 Å². The van der Waals surface area contributed by atoms with E-state index in [0.29, 0.717) is 13.0 Å². The Morgan fingerprint density at radius 3 is 2.60 bits per heavy atom. The van der Waals surface area contributed by atoms with Gasteiger partial charge in [-0.25, -0.2) is 0 Å². The molecule has 0 aliphatic carbocycles. The van der Waals surface area contributed by atoms with Gasteiger partial charge in [-0.2, -0.15) is 0 Å². The third-order valence-electron chi connectivity index (χ3n) is 1.27. The molecule has 10 heavy (non-hydrogen) atoms. The van der Waals surface area contributed by atoms with Gasteiger partial charge in [0.05, 0.1) is 0 Å². The van der Waals surface area contributed by atoms with Gasteiger partial charge in [0, 0.05) is 6.42 Å². The highest BCUT2D eigenvalue weighted by molar-refractivity contribution is 5.94.